The third-order valence-electron chi connectivity index (χ3n) is 5.07. The number of amides is 4. The summed E-state index contributed by atoms with van der Waals surface area (Å²) in [7, 11) is 0. The van der Waals surface area contributed by atoms with Gasteiger partial charge in [0.1, 0.15) is 5.75 Å². The Morgan fingerprint density at radius 1 is 0.949 bits per heavy atom. The van der Waals surface area contributed by atoms with E-state index < -0.39 is 0 Å². The van der Waals surface area contributed by atoms with Gasteiger partial charge in [0.15, 0.2) is 0 Å². The molecule has 0 aliphatic carbocycles. The van der Waals surface area contributed by atoms with E-state index in [-0.39, 0.29) is 24.3 Å². The highest BCUT2D eigenvalue weighted by Crippen LogP contribution is 2.07. The number of nitrogens with one attached hydrogen (secondary N) is 4. The number of unbranched alkanes of at least 4 members (excludes halogenated alkanes) is 2. The second-order valence-corrected chi connectivity index (χ2v) is 9.05. The molecule has 39 heavy (non-hydrogen) atoms. The predicted molar refractivity (Wildman–Crippen MR) is 154 cm³/mol. The van der Waals surface area contributed by atoms with Crippen LogP contribution >= 0.6 is 0 Å². The average molecular weight is 544 g/mol. The van der Waals surface area contributed by atoms with Crippen LogP contribution in [0.2, 0.25) is 0 Å². The van der Waals surface area contributed by atoms with Gasteiger partial charge in [0.2, 0.25) is 18.2 Å². The lowest BCUT2D eigenvalue weighted by molar-refractivity contribution is -0.122. The fraction of sp³-hybridized carbons (Fsp3) is 0.448. The second-order valence-electron chi connectivity index (χ2n) is 9.05. The quantitative estimate of drug-likeness (QED) is 0.158. The van der Waals surface area contributed by atoms with Crippen molar-refractivity contribution in [3.05, 3.63) is 65.2 Å². The molecule has 0 atom stereocenters. The molecule has 10 heteroatoms. The van der Waals surface area contributed by atoms with E-state index in [4.69, 9.17) is 10.8 Å². The number of carbonyl (C=O) groups excluding carboxylic acids is 4. The molecule has 0 saturated carbocycles. The lowest BCUT2D eigenvalue weighted by atomic mass is 10.1. The van der Waals surface area contributed by atoms with Gasteiger partial charge in [-0.25, -0.2) is 0 Å². The third-order valence-corrected chi connectivity index (χ3v) is 5.07. The lowest BCUT2D eigenvalue weighted by Gasteiger charge is -2.08. The van der Waals surface area contributed by atoms with E-state index in [2.05, 4.69) is 35.1 Å². The van der Waals surface area contributed by atoms with E-state index in [1.54, 1.807) is 12.1 Å². The van der Waals surface area contributed by atoms with Crippen molar-refractivity contribution in [1.29, 1.82) is 0 Å². The zero-order chi connectivity index (χ0) is 29.5. The number of benzene rings is 2. The number of aromatic hydroxyl groups is 1. The van der Waals surface area contributed by atoms with E-state index in [0.717, 1.165) is 31.4 Å². The van der Waals surface area contributed by atoms with E-state index in [9.17, 15) is 19.2 Å². The summed E-state index contributed by atoms with van der Waals surface area (Å²) in [6.45, 7) is 10.2. The highest BCUT2D eigenvalue weighted by atomic mass is 16.3. The van der Waals surface area contributed by atoms with Crippen LogP contribution in [0.4, 0.5) is 0 Å². The lowest BCUT2D eigenvalue weighted by Crippen LogP contribution is -2.33. The number of phenols is 1. The predicted octanol–water partition coefficient (Wildman–Crippen LogP) is 2.53. The number of hydrogen-bond donors (Lipinski definition) is 6. The highest BCUT2D eigenvalue weighted by molar-refractivity contribution is 5.94. The number of carbonyl (C=O) groups is 4. The Morgan fingerprint density at radius 2 is 1.59 bits per heavy atom. The normalized spacial score (nSPS) is 9.77. The van der Waals surface area contributed by atoms with Gasteiger partial charge in [-0.05, 0) is 56.5 Å². The molecule has 2 aromatic rings. The molecular weight excluding hydrogens is 498 g/mol. The van der Waals surface area contributed by atoms with Crippen molar-refractivity contribution in [2.24, 2.45) is 5.73 Å². The van der Waals surface area contributed by atoms with E-state index in [1.165, 1.54) is 11.1 Å². The number of primary amides is 1. The van der Waals surface area contributed by atoms with Crippen LogP contribution < -0.4 is 27.0 Å². The Labute approximate surface area is 232 Å². The summed E-state index contributed by atoms with van der Waals surface area (Å²) >= 11 is 0. The monoisotopic (exact) mass is 543 g/mol. The topological polar surface area (TPSA) is 163 Å². The molecule has 0 aliphatic heterocycles. The van der Waals surface area contributed by atoms with Gasteiger partial charge in [-0.1, -0.05) is 50.1 Å². The van der Waals surface area contributed by atoms with E-state index in [0.29, 0.717) is 37.7 Å². The molecule has 2 aromatic carbocycles. The highest BCUT2D eigenvalue weighted by Gasteiger charge is 2.03. The minimum atomic E-state index is -0.297. The third kappa shape index (κ3) is 20.8. The van der Waals surface area contributed by atoms with Crippen molar-refractivity contribution in [3.8, 4) is 5.75 Å². The number of hydrogen-bond acceptors (Lipinski definition) is 6. The number of phenolic OH excluding ortho intramolecular Hbond substituents is 1. The maximum absolute atomic E-state index is 11.5. The molecule has 2 rings (SSSR count). The molecule has 0 unspecified atom stereocenters. The molecule has 216 valence electrons. The Morgan fingerprint density at radius 3 is 2.10 bits per heavy atom. The van der Waals surface area contributed by atoms with Crippen LogP contribution in [-0.2, 0) is 20.9 Å². The Balaban J connectivity index is 0.000000584. The molecule has 0 spiro atoms. The van der Waals surface area contributed by atoms with Crippen molar-refractivity contribution < 1.29 is 24.3 Å². The van der Waals surface area contributed by atoms with E-state index in [1.807, 2.05) is 50.2 Å². The summed E-state index contributed by atoms with van der Waals surface area (Å²) in [6.07, 6.45) is 3.27. The number of aryl methyl sites for hydroxylation is 1. The van der Waals surface area contributed by atoms with Crippen LogP contribution in [0.1, 0.15) is 67.9 Å². The summed E-state index contributed by atoms with van der Waals surface area (Å²) < 4.78 is 0. The minimum absolute atomic E-state index is 0.00475. The van der Waals surface area contributed by atoms with Gasteiger partial charge in [0.25, 0.3) is 5.91 Å². The van der Waals surface area contributed by atoms with Gasteiger partial charge in [-0.3, -0.25) is 19.2 Å². The number of nitrogens with two attached hydrogens (primary N) is 1. The molecule has 0 aromatic heterocycles. The summed E-state index contributed by atoms with van der Waals surface area (Å²) in [6, 6.07) is 15.3. The Bertz CT molecular complexity index is 942. The smallest absolute Gasteiger partial charge is 0.251 e. The summed E-state index contributed by atoms with van der Waals surface area (Å²) in [5.41, 5.74) is 8.04. The Hall–Kier alpha value is -3.92. The molecule has 4 amide bonds. The van der Waals surface area contributed by atoms with Crippen LogP contribution in [0.5, 0.6) is 5.75 Å². The minimum Gasteiger partial charge on any atom is -0.508 e. The molecule has 7 N–H and O–H groups in total. The van der Waals surface area contributed by atoms with Gasteiger partial charge < -0.3 is 32.1 Å². The first kappa shape index (κ1) is 35.1. The van der Waals surface area contributed by atoms with E-state index >= 15 is 0 Å². The number of rotatable bonds is 14. The van der Waals surface area contributed by atoms with Crippen LogP contribution in [0.25, 0.3) is 0 Å². The fourth-order valence-electron chi connectivity index (χ4n) is 2.93. The summed E-state index contributed by atoms with van der Waals surface area (Å²) in [5, 5.41) is 19.8. The average Bonchev–Trinajstić information content (AvgIpc) is 2.91. The maximum atomic E-state index is 11.5. The van der Waals surface area contributed by atoms with Gasteiger partial charge >= 0.3 is 0 Å². The molecule has 0 saturated heterocycles. The van der Waals surface area contributed by atoms with Crippen LogP contribution in [0.3, 0.4) is 0 Å². The zero-order valence-corrected chi connectivity index (χ0v) is 23.6. The maximum Gasteiger partial charge on any atom is 0.251 e. The first-order valence-corrected chi connectivity index (χ1v) is 13.2. The van der Waals surface area contributed by atoms with Crippen molar-refractivity contribution in [2.45, 2.75) is 66.0 Å². The van der Waals surface area contributed by atoms with Crippen LogP contribution in [0.15, 0.2) is 48.5 Å². The van der Waals surface area contributed by atoms with Gasteiger partial charge in [-0.15, -0.1) is 0 Å². The van der Waals surface area contributed by atoms with Crippen molar-refractivity contribution >= 4 is 24.1 Å². The second kappa shape index (κ2) is 22.1. The largest absolute Gasteiger partial charge is 0.508 e. The Kier molecular flexibility index (Phi) is 19.9. The van der Waals surface area contributed by atoms with Crippen molar-refractivity contribution in [3.63, 3.8) is 0 Å². The zero-order valence-electron chi connectivity index (χ0n) is 23.6. The summed E-state index contributed by atoms with van der Waals surface area (Å²) in [4.78, 5) is 42.7. The van der Waals surface area contributed by atoms with Crippen LogP contribution in [-0.4, -0.2) is 54.9 Å². The SMILES string of the molecule is CCNC(=O)c1ccc(CNC(C)C)cc1.Cc1ccc(O)cc1.NC(=O)CCCCCNC(=O)CNC=O. The summed E-state index contributed by atoms with van der Waals surface area (Å²) in [5.74, 6) is -0.187. The fourth-order valence-corrected chi connectivity index (χ4v) is 2.93. The standard InChI is InChI=1S/C13H20N2O.C9H17N3O3.C7H8O/c1-4-14-13(16)12-7-5-11(6-8-12)9-15-10(2)3;10-8(14)4-2-1-3-5-12-9(15)6-11-7-13;1-6-2-4-7(8)5-3-6/h5-8,10,15H,4,9H2,1-3H3,(H,14,16);7H,1-6H2,(H2,10,14)(H,11,13)(H,12,15);2-5,8H,1H3. The molecule has 0 bridgehead atoms. The molecule has 10 nitrogen and oxygen atoms in total. The molecule has 0 radical (unpaired) electrons. The van der Waals surface area contributed by atoms with Gasteiger partial charge in [-0.2, -0.15) is 0 Å². The molecule has 0 fully saturated rings. The molecule has 0 heterocycles. The molecule has 0 aliphatic rings. The van der Waals surface area contributed by atoms with Gasteiger partial charge in [0, 0.05) is 37.7 Å². The van der Waals surface area contributed by atoms with Crippen LogP contribution in [0, 0.1) is 6.92 Å². The van der Waals surface area contributed by atoms with Crippen molar-refractivity contribution in [2.75, 3.05) is 19.6 Å². The molecular formula is C29H45N5O5. The van der Waals surface area contributed by atoms with Crippen molar-refractivity contribution in [1.82, 2.24) is 21.3 Å². The van der Waals surface area contributed by atoms with Gasteiger partial charge in [0.05, 0.1) is 6.54 Å². The first-order valence-electron chi connectivity index (χ1n) is 13.2. The first-order chi connectivity index (χ1) is 18.6.